The molecular formula is C51H63N7O7. The second-order valence-corrected chi connectivity index (χ2v) is 19.1. The maximum Gasteiger partial charge on any atom is 0.324 e. The molecule has 14 nitrogen and oxygen atoms in total. The molecule has 2 saturated heterocycles. The summed E-state index contributed by atoms with van der Waals surface area (Å²) in [5, 5.41) is 5.63. The first kappa shape index (κ1) is 45.7. The lowest BCUT2D eigenvalue weighted by Crippen LogP contribution is -2.62. The molecule has 3 aliphatic heterocycles. The molecule has 0 unspecified atom stereocenters. The van der Waals surface area contributed by atoms with E-state index in [1.54, 1.807) is 25.3 Å². The molecule has 5 heterocycles. The molecule has 0 radical (unpaired) electrons. The average molecular weight is 886 g/mol. The molecule has 6 bridgehead atoms. The summed E-state index contributed by atoms with van der Waals surface area (Å²) in [7, 11) is 3.34. The number of nitrogens with one attached hydrogen (secondary N) is 2. The van der Waals surface area contributed by atoms with Crippen molar-refractivity contribution in [3.8, 4) is 22.4 Å². The van der Waals surface area contributed by atoms with E-state index >= 15 is 0 Å². The van der Waals surface area contributed by atoms with Crippen LogP contribution in [0.15, 0.2) is 73.4 Å². The number of likely N-dealkylation sites (tertiary alicyclic amines) is 1. The van der Waals surface area contributed by atoms with E-state index in [1.807, 2.05) is 25.1 Å². The van der Waals surface area contributed by atoms with E-state index < -0.39 is 41.3 Å². The van der Waals surface area contributed by atoms with Gasteiger partial charge in [-0.25, -0.2) is 5.43 Å². The molecule has 1 saturated carbocycles. The molecule has 4 aliphatic rings. The van der Waals surface area contributed by atoms with Gasteiger partial charge in [-0.3, -0.25) is 34.0 Å². The standard InChI is InChI=1S/C51H63N7O7/c1-8-43(59)56-24-21-36(29-56)48(61)55(6)45(33-17-18-33)47(60)53-41-26-32-13-10-14-34(25-32)35-19-20-42-38(27-35)39(46(57(42)9-2)37-15-11-22-52-44(37)31(3)64-7)28-51(4,5)30-65-50(63)40-16-12-23-58(54-40)49(41)62/h8,10-11,13-15,19-20,22,25,27,31,33,36,40-41,45,54H,1,9,12,16-18,21,23-24,26,28-30H2,2-7H3,(H,53,60)/t31-,36-,40-,41-,45-/m0/s1. The number of esters is 1. The van der Waals surface area contributed by atoms with Gasteiger partial charge in [0.1, 0.15) is 18.1 Å². The number of carbonyl (C=O) groups excluding carboxylic acids is 5. The van der Waals surface area contributed by atoms with Crippen LogP contribution < -0.4 is 10.7 Å². The second kappa shape index (κ2) is 18.9. The van der Waals surface area contributed by atoms with Crippen LogP contribution in [-0.4, -0.2) is 112 Å². The molecule has 4 aromatic rings. The van der Waals surface area contributed by atoms with Gasteiger partial charge in [0.25, 0.3) is 5.91 Å². The maximum atomic E-state index is 14.7. The number of rotatable bonds is 10. The number of benzene rings is 2. The van der Waals surface area contributed by atoms with Crippen molar-refractivity contribution in [1.29, 1.82) is 0 Å². The van der Waals surface area contributed by atoms with Crippen molar-refractivity contribution >= 4 is 40.5 Å². The average Bonchev–Trinajstić information content (AvgIpc) is 3.94. The van der Waals surface area contributed by atoms with E-state index in [9.17, 15) is 24.0 Å². The number of likely N-dealkylation sites (N-methyl/N-ethyl adjacent to an activating group) is 1. The Morgan fingerprint density at radius 2 is 1.85 bits per heavy atom. The Hall–Kier alpha value is -5.86. The SMILES string of the molecule is C=CC(=O)N1CC[C@H](C(=O)N(C)[C@H](C(=O)N[C@H]2Cc3cccc(c3)-c3ccc4c(c3)c(c(-c3cccnc3[C@H](C)OC)n4CC)CC(C)(C)COC(=O)[C@@H]3CCCN(N3)C2=O)C2CC2)C1. The molecule has 2 aromatic heterocycles. The zero-order chi connectivity index (χ0) is 46.2. The number of hydrazine groups is 1. The summed E-state index contributed by atoms with van der Waals surface area (Å²) in [6, 6.07) is 16.1. The molecule has 14 heteroatoms. The maximum absolute atomic E-state index is 14.7. The van der Waals surface area contributed by atoms with Crippen molar-refractivity contribution in [2.75, 3.05) is 40.4 Å². The largest absolute Gasteiger partial charge is 0.464 e. The van der Waals surface area contributed by atoms with Crippen molar-refractivity contribution in [3.05, 3.63) is 90.3 Å². The first-order valence-electron chi connectivity index (χ1n) is 23.2. The number of cyclic esters (lactones) is 1. The Balaban J connectivity index is 1.18. The van der Waals surface area contributed by atoms with Crippen LogP contribution in [0, 0.1) is 17.3 Å². The topological polar surface area (TPSA) is 155 Å². The number of nitrogens with zero attached hydrogens (tertiary/aromatic N) is 5. The fraction of sp³-hybridized carbons (Fsp3) is 0.490. The van der Waals surface area contributed by atoms with Crippen LogP contribution in [0.25, 0.3) is 33.3 Å². The third kappa shape index (κ3) is 9.46. The van der Waals surface area contributed by atoms with Gasteiger partial charge in [-0.05, 0) is 111 Å². The smallest absolute Gasteiger partial charge is 0.324 e. The van der Waals surface area contributed by atoms with Crippen LogP contribution in [0.3, 0.4) is 0 Å². The summed E-state index contributed by atoms with van der Waals surface area (Å²) in [4.78, 5) is 77.3. The molecular weight excluding hydrogens is 823 g/mol. The number of hydrogen-bond acceptors (Lipinski definition) is 9. The highest BCUT2D eigenvalue weighted by Crippen LogP contribution is 2.42. The second-order valence-electron chi connectivity index (χ2n) is 19.1. The quantitative estimate of drug-likeness (QED) is 0.144. The molecule has 65 heavy (non-hydrogen) atoms. The van der Waals surface area contributed by atoms with E-state index in [0.29, 0.717) is 45.3 Å². The third-order valence-corrected chi connectivity index (χ3v) is 13.8. The molecule has 344 valence electrons. The van der Waals surface area contributed by atoms with E-state index in [2.05, 4.69) is 79.1 Å². The van der Waals surface area contributed by atoms with Gasteiger partial charge in [0.15, 0.2) is 0 Å². The van der Waals surface area contributed by atoms with Gasteiger partial charge in [0, 0.05) is 74.8 Å². The molecule has 8 rings (SSSR count). The first-order valence-corrected chi connectivity index (χ1v) is 23.2. The van der Waals surface area contributed by atoms with Gasteiger partial charge in [-0.15, -0.1) is 0 Å². The number of aryl methyl sites for hydroxylation is 1. The molecule has 1 aliphatic carbocycles. The number of methoxy groups -OCH3 is 1. The fourth-order valence-corrected chi connectivity index (χ4v) is 10.1. The van der Waals surface area contributed by atoms with Gasteiger partial charge >= 0.3 is 5.97 Å². The lowest BCUT2D eigenvalue weighted by Gasteiger charge is -2.36. The summed E-state index contributed by atoms with van der Waals surface area (Å²) < 4.78 is 14.3. The van der Waals surface area contributed by atoms with E-state index in [0.717, 1.165) is 62.9 Å². The van der Waals surface area contributed by atoms with Gasteiger partial charge in [0.05, 0.1) is 30.0 Å². The van der Waals surface area contributed by atoms with Crippen molar-refractivity contribution in [3.63, 3.8) is 0 Å². The zero-order valence-electron chi connectivity index (χ0n) is 38.6. The van der Waals surface area contributed by atoms with Crippen LogP contribution in [0.1, 0.15) is 82.7 Å². The zero-order valence-corrected chi connectivity index (χ0v) is 38.6. The Morgan fingerprint density at radius 3 is 2.58 bits per heavy atom. The van der Waals surface area contributed by atoms with Crippen molar-refractivity contribution in [2.45, 2.75) is 103 Å². The summed E-state index contributed by atoms with van der Waals surface area (Å²) in [6.45, 7) is 13.8. The number of fused-ring (bicyclic) bond motifs is 6. The minimum atomic E-state index is -1.02. The first-order chi connectivity index (χ1) is 31.2. The molecule has 0 spiro atoms. The number of ether oxygens (including phenoxy) is 2. The van der Waals surface area contributed by atoms with E-state index in [1.165, 1.54) is 16.0 Å². The number of hydrogen-bond donors (Lipinski definition) is 2. The minimum absolute atomic E-state index is 0.0542. The predicted octanol–water partition coefficient (Wildman–Crippen LogP) is 6.02. The Kier molecular flexibility index (Phi) is 13.3. The Labute approximate surface area is 381 Å². The molecule has 2 N–H and O–H groups in total. The molecule has 5 atom stereocenters. The summed E-state index contributed by atoms with van der Waals surface area (Å²) in [5.41, 5.74) is 10.5. The van der Waals surface area contributed by atoms with Crippen LogP contribution in [-0.2, 0) is 52.8 Å². The highest BCUT2D eigenvalue weighted by Gasteiger charge is 2.45. The summed E-state index contributed by atoms with van der Waals surface area (Å²) >= 11 is 0. The van der Waals surface area contributed by atoms with Crippen molar-refractivity contribution in [2.24, 2.45) is 17.3 Å². The van der Waals surface area contributed by atoms with Crippen molar-refractivity contribution in [1.82, 2.24) is 35.1 Å². The van der Waals surface area contributed by atoms with Gasteiger partial charge in [-0.1, -0.05) is 50.8 Å². The normalized spacial score (nSPS) is 22.2. The predicted molar refractivity (Wildman–Crippen MR) is 248 cm³/mol. The van der Waals surface area contributed by atoms with Crippen LogP contribution in [0.4, 0.5) is 0 Å². The van der Waals surface area contributed by atoms with Gasteiger partial charge in [-0.2, -0.15) is 0 Å². The number of aromatic nitrogens is 2. The summed E-state index contributed by atoms with van der Waals surface area (Å²) in [6.07, 6.45) is 6.66. The van der Waals surface area contributed by atoms with E-state index in [-0.39, 0.29) is 49.3 Å². The van der Waals surface area contributed by atoms with E-state index in [4.69, 9.17) is 14.5 Å². The molecule has 2 aromatic carbocycles. The highest BCUT2D eigenvalue weighted by molar-refractivity contribution is 5.96. The number of pyridine rings is 1. The lowest BCUT2D eigenvalue weighted by atomic mass is 9.84. The van der Waals surface area contributed by atoms with Crippen LogP contribution in [0.2, 0.25) is 0 Å². The monoisotopic (exact) mass is 885 g/mol. The highest BCUT2D eigenvalue weighted by atomic mass is 16.5. The number of carbonyl (C=O) groups is 5. The van der Waals surface area contributed by atoms with Gasteiger partial charge in [0.2, 0.25) is 17.7 Å². The number of amides is 4. The summed E-state index contributed by atoms with van der Waals surface area (Å²) in [5.74, 6) is -2.14. The van der Waals surface area contributed by atoms with Crippen LogP contribution >= 0.6 is 0 Å². The Morgan fingerprint density at radius 1 is 1.06 bits per heavy atom. The Bertz CT molecular complexity index is 2490. The molecule has 4 amide bonds. The van der Waals surface area contributed by atoms with Gasteiger partial charge < -0.3 is 29.2 Å². The van der Waals surface area contributed by atoms with Crippen LogP contribution in [0.5, 0.6) is 0 Å². The minimum Gasteiger partial charge on any atom is -0.464 e. The third-order valence-electron chi connectivity index (χ3n) is 13.8. The fourth-order valence-electron chi connectivity index (χ4n) is 10.1. The lowest BCUT2D eigenvalue weighted by molar-refractivity contribution is -0.155. The molecule has 3 fully saturated rings. The van der Waals surface area contributed by atoms with Crippen molar-refractivity contribution < 1.29 is 33.4 Å².